The number of allylic oxidation sites excluding steroid dienone is 1. The number of aromatic nitrogens is 3. The minimum absolute atomic E-state index is 0.0604. The van der Waals surface area contributed by atoms with Crippen LogP contribution in [0.15, 0.2) is 53.2 Å². The van der Waals surface area contributed by atoms with Gasteiger partial charge in [-0.1, -0.05) is 17.3 Å². The first-order valence-electron chi connectivity index (χ1n) is 14.0. The maximum Gasteiger partial charge on any atom is 0.434 e. The summed E-state index contributed by atoms with van der Waals surface area (Å²) in [7, 11) is 0. The smallest absolute Gasteiger partial charge is 0.434 e. The second-order valence-corrected chi connectivity index (χ2v) is 11.1. The van der Waals surface area contributed by atoms with Crippen LogP contribution >= 0.6 is 0 Å². The van der Waals surface area contributed by atoms with Crippen LogP contribution in [0.2, 0.25) is 0 Å². The molecular formula is C31H27F3N4O4. The van der Waals surface area contributed by atoms with Gasteiger partial charge in [-0.3, -0.25) is 4.98 Å². The van der Waals surface area contributed by atoms with Gasteiger partial charge in [-0.2, -0.15) is 13.2 Å². The largest absolute Gasteiger partial charge is 0.493 e. The molecule has 42 heavy (non-hydrogen) atoms. The molecule has 3 fully saturated rings. The molecular weight excluding hydrogens is 549 g/mol. The summed E-state index contributed by atoms with van der Waals surface area (Å²) < 4.78 is 52.5. The molecule has 1 aromatic carbocycles. The number of pyridine rings is 2. The zero-order chi connectivity index (χ0) is 29.2. The predicted molar refractivity (Wildman–Crippen MR) is 148 cm³/mol. The first kappa shape index (κ1) is 26.5. The van der Waals surface area contributed by atoms with Crippen LogP contribution < -0.4 is 9.64 Å². The van der Waals surface area contributed by atoms with Crippen LogP contribution in [-0.2, 0) is 6.18 Å². The highest BCUT2D eigenvalue weighted by molar-refractivity contribution is 5.94. The number of ether oxygens (including phenoxy) is 1. The minimum Gasteiger partial charge on any atom is -0.493 e. The summed E-state index contributed by atoms with van der Waals surface area (Å²) in [5.74, 6) is 1.37. The van der Waals surface area contributed by atoms with Gasteiger partial charge in [0.05, 0.1) is 12.1 Å². The zero-order valence-electron chi connectivity index (χ0n) is 22.6. The first-order valence-corrected chi connectivity index (χ1v) is 14.0. The summed E-state index contributed by atoms with van der Waals surface area (Å²) in [6.07, 6.45) is 2.40. The van der Waals surface area contributed by atoms with Crippen LogP contribution in [0.4, 0.5) is 18.9 Å². The Kier molecular flexibility index (Phi) is 6.21. The topological polar surface area (TPSA) is 102 Å². The molecule has 2 unspecified atom stereocenters. The number of hydrogen-bond donors (Lipinski definition) is 1. The molecule has 0 bridgehead atoms. The lowest BCUT2D eigenvalue weighted by Gasteiger charge is -2.22. The fourth-order valence-corrected chi connectivity index (χ4v) is 6.17. The van der Waals surface area contributed by atoms with Gasteiger partial charge in [0.2, 0.25) is 0 Å². The number of piperidine rings is 1. The normalized spacial score (nSPS) is 21.7. The number of alkyl halides is 3. The van der Waals surface area contributed by atoms with Crippen LogP contribution in [0.3, 0.4) is 0 Å². The second-order valence-electron chi connectivity index (χ2n) is 11.1. The third-order valence-corrected chi connectivity index (χ3v) is 8.42. The maximum atomic E-state index is 13.7. The molecule has 1 N–H and O–H groups in total. The molecule has 0 radical (unpaired) electrons. The molecule has 1 saturated heterocycles. The van der Waals surface area contributed by atoms with Gasteiger partial charge in [0.25, 0.3) is 0 Å². The molecule has 216 valence electrons. The third kappa shape index (κ3) is 4.66. The first-order chi connectivity index (χ1) is 20.2. The molecule has 0 amide bonds. The summed E-state index contributed by atoms with van der Waals surface area (Å²) >= 11 is 0. The molecule has 2 saturated carbocycles. The van der Waals surface area contributed by atoms with Crippen molar-refractivity contribution < 1.29 is 32.3 Å². The molecule has 4 aromatic rings. The number of benzene rings is 1. The molecule has 8 nitrogen and oxygen atoms in total. The molecule has 3 aliphatic rings. The number of hydrogen-bond acceptors (Lipinski definition) is 7. The van der Waals surface area contributed by atoms with Crippen molar-refractivity contribution in [2.24, 2.45) is 17.8 Å². The van der Waals surface area contributed by atoms with E-state index in [0.29, 0.717) is 47.0 Å². The fourth-order valence-electron chi connectivity index (χ4n) is 6.17. The lowest BCUT2D eigenvalue weighted by Crippen LogP contribution is -2.23. The van der Waals surface area contributed by atoms with Gasteiger partial charge in [0, 0.05) is 53.5 Å². The molecule has 2 atom stereocenters. The van der Waals surface area contributed by atoms with Gasteiger partial charge in [-0.25, -0.2) is 9.78 Å². The number of carboxylic acid groups (broad SMARTS) is 1. The second kappa shape index (κ2) is 9.85. The number of rotatable bonds is 8. The van der Waals surface area contributed by atoms with E-state index >= 15 is 0 Å². The summed E-state index contributed by atoms with van der Waals surface area (Å²) in [6.45, 7) is 3.92. The van der Waals surface area contributed by atoms with Crippen LogP contribution in [0, 0.1) is 17.8 Å². The van der Waals surface area contributed by atoms with E-state index < -0.39 is 17.8 Å². The number of nitrogens with zero attached hydrogens (tertiary/aromatic N) is 4. The number of aromatic carboxylic acids is 1. The molecule has 2 aliphatic carbocycles. The highest BCUT2D eigenvalue weighted by Crippen LogP contribution is 2.54. The zero-order valence-corrected chi connectivity index (χ0v) is 22.6. The Hall–Kier alpha value is -4.41. The van der Waals surface area contributed by atoms with Crippen LogP contribution in [-0.4, -0.2) is 45.9 Å². The molecule has 0 spiro atoms. The van der Waals surface area contributed by atoms with Gasteiger partial charge in [-0.05, 0) is 67.9 Å². The molecule has 3 aromatic heterocycles. The summed E-state index contributed by atoms with van der Waals surface area (Å²) in [5, 5.41) is 14.2. The van der Waals surface area contributed by atoms with Gasteiger partial charge >= 0.3 is 12.1 Å². The van der Waals surface area contributed by atoms with Gasteiger partial charge in [0.1, 0.15) is 17.2 Å². The van der Waals surface area contributed by atoms with E-state index in [1.54, 1.807) is 0 Å². The van der Waals surface area contributed by atoms with E-state index in [9.17, 15) is 23.1 Å². The van der Waals surface area contributed by atoms with Gasteiger partial charge < -0.3 is 19.3 Å². The summed E-state index contributed by atoms with van der Waals surface area (Å²) in [6, 6.07) is 10.1. The van der Waals surface area contributed by atoms with Crippen molar-refractivity contribution in [1.82, 2.24) is 15.1 Å². The minimum atomic E-state index is -4.60. The Morgan fingerprint density at radius 3 is 2.67 bits per heavy atom. The van der Waals surface area contributed by atoms with E-state index in [-0.39, 0.29) is 22.9 Å². The van der Waals surface area contributed by atoms with Crippen LogP contribution in [0.25, 0.3) is 28.2 Å². The van der Waals surface area contributed by atoms with E-state index in [1.165, 1.54) is 18.2 Å². The van der Waals surface area contributed by atoms with E-state index in [1.807, 2.05) is 31.2 Å². The predicted octanol–water partition coefficient (Wildman–Crippen LogP) is 6.67. The molecule has 4 heterocycles. The average molecular weight is 577 g/mol. The van der Waals surface area contributed by atoms with E-state index in [0.717, 1.165) is 43.2 Å². The van der Waals surface area contributed by atoms with Crippen molar-refractivity contribution in [3.8, 4) is 17.0 Å². The van der Waals surface area contributed by atoms with Crippen LogP contribution in [0.1, 0.15) is 53.2 Å². The SMILES string of the molecule is CCOc1cc(C(=O)O)nc2ccc(N3CC4C(/C=C/c5c(-c6cccnc6C(F)(F)F)noc5C5CC5)C4C3)cc12. The Bertz CT molecular complexity index is 1720. The van der Waals surface area contributed by atoms with Crippen molar-refractivity contribution in [3.63, 3.8) is 0 Å². The lowest BCUT2D eigenvalue weighted by atomic mass is 10.0. The maximum absolute atomic E-state index is 13.7. The van der Waals surface area contributed by atoms with Crippen molar-refractivity contribution in [3.05, 3.63) is 71.4 Å². The lowest BCUT2D eigenvalue weighted by molar-refractivity contribution is -0.140. The Morgan fingerprint density at radius 2 is 1.98 bits per heavy atom. The standard InChI is InChI=1S/C31H27F3N4O4/c1-2-41-26-13-25(30(39)40)36-24-10-7-17(12-21(24)26)38-14-22-18(23(22)15-38)8-9-19-27(37-42-28(19)16-5-6-16)20-4-3-11-35-29(20)31(32,33)34/h3-4,7-13,16,18,22-23H,2,5-6,14-15H2,1H3,(H,39,40)/b9-8+. The fraction of sp³-hybridized carbons (Fsp3) is 0.355. The quantitative estimate of drug-likeness (QED) is 0.248. The number of anilines is 1. The number of carboxylic acids is 1. The highest BCUT2D eigenvalue weighted by Gasteiger charge is 2.54. The van der Waals surface area contributed by atoms with Crippen molar-refractivity contribution >= 4 is 28.6 Å². The van der Waals surface area contributed by atoms with Crippen molar-refractivity contribution in [2.75, 3.05) is 24.6 Å². The highest BCUT2D eigenvalue weighted by atomic mass is 19.4. The third-order valence-electron chi connectivity index (χ3n) is 8.42. The Balaban J connectivity index is 1.11. The van der Waals surface area contributed by atoms with Crippen molar-refractivity contribution in [2.45, 2.75) is 31.9 Å². The van der Waals surface area contributed by atoms with E-state index in [2.05, 4.69) is 26.1 Å². The number of fused-ring (bicyclic) bond motifs is 2. The molecule has 1 aliphatic heterocycles. The van der Waals surface area contributed by atoms with Gasteiger partial charge in [-0.15, -0.1) is 0 Å². The van der Waals surface area contributed by atoms with Crippen molar-refractivity contribution in [1.29, 1.82) is 0 Å². The van der Waals surface area contributed by atoms with E-state index in [4.69, 9.17) is 9.26 Å². The van der Waals surface area contributed by atoms with Crippen LogP contribution in [0.5, 0.6) is 5.75 Å². The number of halogens is 3. The number of carbonyl (C=O) groups is 1. The molecule has 7 rings (SSSR count). The van der Waals surface area contributed by atoms with Gasteiger partial charge in [0.15, 0.2) is 11.4 Å². The Labute approximate surface area is 238 Å². The monoisotopic (exact) mass is 576 g/mol. The molecule has 11 heteroatoms. The Morgan fingerprint density at radius 1 is 1.19 bits per heavy atom. The average Bonchev–Trinajstić information content (AvgIpc) is 3.83. The summed E-state index contributed by atoms with van der Waals surface area (Å²) in [5.41, 5.74) is 1.27. The summed E-state index contributed by atoms with van der Waals surface area (Å²) in [4.78, 5) is 21.6.